The highest BCUT2D eigenvalue weighted by molar-refractivity contribution is 5.79. The molecule has 2 fully saturated rings. The van der Waals surface area contributed by atoms with E-state index in [4.69, 9.17) is 5.73 Å². The van der Waals surface area contributed by atoms with E-state index in [-0.39, 0.29) is 5.92 Å². The van der Waals surface area contributed by atoms with Crippen molar-refractivity contribution < 1.29 is 4.79 Å². The molecule has 3 heteroatoms. The van der Waals surface area contributed by atoms with E-state index in [1.165, 1.54) is 38.5 Å². The van der Waals surface area contributed by atoms with Gasteiger partial charge >= 0.3 is 0 Å². The Bertz CT molecular complexity index is 297. The van der Waals surface area contributed by atoms with E-state index in [9.17, 15) is 4.79 Å². The van der Waals surface area contributed by atoms with E-state index < -0.39 is 0 Å². The third-order valence-electron chi connectivity index (χ3n) is 5.25. The molecule has 0 aromatic carbocycles. The molecule has 1 amide bonds. The molecule has 0 saturated heterocycles. The molecule has 0 aliphatic heterocycles. The zero-order valence-corrected chi connectivity index (χ0v) is 12.6. The van der Waals surface area contributed by atoms with Crippen molar-refractivity contribution in [2.75, 3.05) is 7.05 Å². The quantitative estimate of drug-likeness (QED) is 0.781. The lowest BCUT2D eigenvalue weighted by Gasteiger charge is -2.36. The Morgan fingerprint density at radius 2 is 1.68 bits per heavy atom. The lowest BCUT2D eigenvalue weighted by molar-refractivity contribution is -0.139. The van der Waals surface area contributed by atoms with Crippen LogP contribution in [-0.2, 0) is 4.79 Å². The summed E-state index contributed by atoms with van der Waals surface area (Å²) in [6.07, 6.45) is 10.7. The van der Waals surface area contributed by atoms with Gasteiger partial charge in [-0.05, 0) is 38.0 Å². The summed E-state index contributed by atoms with van der Waals surface area (Å²) in [6, 6.07) is 0.792. The molecule has 0 aromatic heterocycles. The molecule has 3 atom stereocenters. The maximum absolute atomic E-state index is 12.7. The molecular formula is C16H30N2O. The van der Waals surface area contributed by atoms with Gasteiger partial charge in [0.15, 0.2) is 0 Å². The first-order chi connectivity index (χ1) is 9.09. The average Bonchev–Trinajstić information content (AvgIpc) is 2.66. The monoisotopic (exact) mass is 266 g/mol. The van der Waals surface area contributed by atoms with Gasteiger partial charge in [0, 0.05) is 25.0 Å². The zero-order valence-electron chi connectivity index (χ0n) is 12.6. The molecule has 2 saturated carbocycles. The van der Waals surface area contributed by atoms with Gasteiger partial charge in [-0.1, -0.05) is 32.6 Å². The minimum absolute atomic E-state index is 0.216. The van der Waals surface area contributed by atoms with Crippen molar-refractivity contribution in [2.45, 2.75) is 76.8 Å². The highest BCUT2D eigenvalue weighted by Crippen LogP contribution is 2.32. The van der Waals surface area contributed by atoms with E-state index >= 15 is 0 Å². The van der Waals surface area contributed by atoms with Gasteiger partial charge in [0.1, 0.15) is 0 Å². The second kappa shape index (κ2) is 6.74. The fraction of sp³-hybridized carbons (Fsp3) is 0.938. The van der Waals surface area contributed by atoms with Gasteiger partial charge in [-0.25, -0.2) is 0 Å². The van der Waals surface area contributed by atoms with Crippen molar-refractivity contribution in [3.63, 3.8) is 0 Å². The first kappa shape index (κ1) is 14.8. The van der Waals surface area contributed by atoms with Crippen molar-refractivity contribution >= 4 is 5.91 Å². The van der Waals surface area contributed by atoms with Crippen molar-refractivity contribution in [1.82, 2.24) is 4.90 Å². The minimum Gasteiger partial charge on any atom is -0.343 e. The molecule has 3 nitrogen and oxygen atoms in total. The highest BCUT2D eigenvalue weighted by Gasteiger charge is 2.34. The number of nitrogens with two attached hydrogens (primary N) is 1. The van der Waals surface area contributed by atoms with Crippen molar-refractivity contribution in [3.8, 4) is 0 Å². The fourth-order valence-corrected chi connectivity index (χ4v) is 3.89. The van der Waals surface area contributed by atoms with Gasteiger partial charge in [0.2, 0.25) is 5.91 Å². The standard InChI is InChI=1S/C16H30N2O/c1-12-11-13(17)9-10-15(12)16(19)18(2)14-7-5-3-4-6-8-14/h12-15H,3-11,17H2,1-2H3. The summed E-state index contributed by atoms with van der Waals surface area (Å²) in [7, 11) is 2.03. The molecule has 2 rings (SSSR count). The molecule has 2 aliphatic carbocycles. The topological polar surface area (TPSA) is 46.3 Å². The van der Waals surface area contributed by atoms with E-state index in [1.807, 2.05) is 7.05 Å². The predicted octanol–water partition coefficient (Wildman–Crippen LogP) is 2.93. The van der Waals surface area contributed by atoms with Gasteiger partial charge in [-0.2, -0.15) is 0 Å². The summed E-state index contributed by atoms with van der Waals surface area (Å²) < 4.78 is 0. The van der Waals surface area contributed by atoms with Crippen LogP contribution < -0.4 is 5.73 Å². The van der Waals surface area contributed by atoms with Crippen LogP contribution in [0.25, 0.3) is 0 Å². The zero-order chi connectivity index (χ0) is 13.8. The normalized spacial score (nSPS) is 33.7. The number of amides is 1. The Hall–Kier alpha value is -0.570. The number of carbonyl (C=O) groups is 1. The van der Waals surface area contributed by atoms with E-state index in [0.29, 0.717) is 23.9 Å². The summed E-state index contributed by atoms with van der Waals surface area (Å²) in [5, 5.41) is 0. The van der Waals surface area contributed by atoms with Crippen molar-refractivity contribution in [2.24, 2.45) is 17.6 Å². The summed E-state index contributed by atoms with van der Waals surface area (Å²) in [5.74, 6) is 1.05. The molecule has 0 spiro atoms. The van der Waals surface area contributed by atoms with Crippen LogP contribution >= 0.6 is 0 Å². The van der Waals surface area contributed by atoms with Gasteiger partial charge < -0.3 is 10.6 Å². The van der Waals surface area contributed by atoms with E-state index in [1.54, 1.807) is 0 Å². The Labute approximate surface area is 117 Å². The molecule has 3 unspecified atom stereocenters. The molecule has 2 aliphatic rings. The fourth-order valence-electron chi connectivity index (χ4n) is 3.89. The second-order valence-corrected chi connectivity index (χ2v) is 6.75. The summed E-state index contributed by atoms with van der Waals surface area (Å²) in [5.41, 5.74) is 6.00. The lowest BCUT2D eigenvalue weighted by Crippen LogP contribution is -2.45. The maximum atomic E-state index is 12.7. The lowest BCUT2D eigenvalue weighted by atomic mass is 9.77. The molecule has 0 bridgehead atoms. The smallest absolute Gasteiger partial charge is 0.225 e. The Morgan fingerprint density at radius 1 is 1.05 bits per heavy atom. The second-order valence-electron chi connectivity index (χ2n) is 6.75. The van der Waals surface area contributed by atoms with Gasteiger partial charge in [0.25, 0.3) is 0 Å². The van der Waals surface area contributed by atoms with Crippen LogP contribution in [0.3, 0.4) is 0 Å². The summed E-state index contributed by atoms with van der Waals surface area (Å²) in [6.45, 7) is 2.20. The van der Waals surface area contributed by atoms with Crippen LogP contribution in [0, 0.1) is 11.8 Å². The number of carbonyl (C=O) groups excluding carboxylic acids is 1. The Kier molecular flexibility index (Phi) is 5.26. The third-order valence-corrected chi connectivity index (χ3v) is 5.25. The van der Waals surface area contributed by atoms with Crippen LogP contribution in [0.15, 0.2) is 0 Å². The van der Waals surface area contributed by atoms with Gasteiger partial charge in [-0.3, -0.25) is 4.79 Å². The number of hydrogen-bond acceptors (Lipinski definition) is 2. The van der Waals surface area contributed by atoms with Crippen LogP contribution in [0.2, 0.25) is 0 Å². The number of hydrogen-bond donors (Lipinski definition) is 1. The molecule has 19 heavy (non-hydrogen) atoms. The predicted molar refractivity (Wildman–Crippen MR) is 78.7 cm³/mol. The van der Waals surface area contributed by atoms with Crippen LogP contribution in [0.1, 0.15) is 64.7 Å². The molecular weight excluding hydrogens is 236 g/mol. The van der Waals surface area contributed by atoms with Gasteiger partial charge in [0.05, 0.1) is 0 Å². The SMILES string of the molecule is CC1CC(N)CCC1C(=O)N(C)C1CCCCCC1. The highest BCUT2D eigenvalue weighted by atomic mass is 16.2. The summed E-state index contributed by atoms with van der Waals surface area (Å²) >= 11 is 0. The average molecular weight is 266 g/mol. The van der Waals surface area contributed by atoms with E-state index in [0.717, 1.165) is 19.3 Å². The number of nitrogens with zero attached hydrogens (tertiary/aromatic N) is 1. The largest absolute Gasteiger partial charge is 0.343 e. The first-order valence-electron chi connectivity index (χ1n) is 8.12. The maximum Gasteiger partial charge on any atom is 0.225 e. The van der Waals surface area contributed by atoms with E-state index in [2.05, 4.69) is 11.8 Å². The first-order valence-corrected chi connectivity index (χ1v) is 8.12. The Morgan fingerprint density at radius 3 is 2.26 bits per heavy atom. The molecule has 110 valence electrons. The van der Waals surface area contributed by atoms with Crippen molar-refractivity contribution in [1.29, 1.82) is 0 Å². The third kappa shape index (κ3) is 3.71. The van der Waals surface area contributed by atoms with Crippen LogP contribution in [-0.4, -0.2) is 29.9 Å². The molecule has 2 N–H and O–H groups in total. The van der Waals surface area contributed by atoms with Gasteiger partial charge in [-0.15, -0.1) is 0 Å². The molecule has 0 aromatic rings. The molecule has 0 radical (unpaired) electrons. The number of rotatable bonds is 2. The van der Waals surface area contributed by atoms with Crippen LogP contribution in [0.4, 0.5) is 0 Å². The summed E-state index contributed by atoms with van der Waals surface area (Å²) in [4.78, 5) is 14.8. The van der Waals surface area contributed by atoms with Crippen LogP contribution in [0.5, 0.6) is 0 Å². The van der Waals surface area contributed by atoms with Crippen molar-refractivity contribution in [3.05, 3.63) is 0 Å². The Balaban J connectivity index is 1.93. The minimum atomic E-state index is 0.216. The molecule has 0 heterocycles.